The highest BCUT2D eigenvalue weighted by molar-refractivity contribution is 6.05. The second-order valence-corrected chi connectivity index (χ2v) is 6.48. The number of aromatic nitrogens is 2. The quantitative estimate of drug-likeness (QED) is 0.612. The summed E-state index contributed by atoms with van der Waals surface area (Å²) in [7, 11) is 1.62. The van der Waals surface area contributed by atoms with Gasteiger partial charge in [-0.1, -0.05) is 18.2 Å². The van der Waals surface area contributed by atoms with Gasteiger partial charge in [0.1, 0.15) is 29.5 Å². The standard InChI is InChI=1S/C21H23N3O5/c1-5-27-21(26)16-11-22-24(4)19(16)23-20(25)17-10-9-15(29-17)12-28-18-13(2)7-6-8-14(18)3/h6-11H,5,12H2,1-4H3,(H,23,25). The van der Waals surface area contributed by atoms with Crippen molar-refractivity contribution >= 4 is 17.7 Å². The van der Waals surface area contributed by atoms with E-state index in [2.05, 4.69) is 10.4 Å². The summed E-state index contributed by atoms with van der Waals surface area (Å²) >= 11 is 0. The smallest absolute Gasteiger partial charge is 0.343 e. The average Bonchev–Trinajstić information content (AvgIpc) is 3.29. The van der Waals surface area contributed by atoms with Gasteiger partial charge in [0, 0.05) is 7.05 Å². The fraction of sp³-hybridized carbons (Fsp3) is 0.286. The lowest BCUT2D eigenvalue weighted by Gasteiger charge is -2.10. The molecule has 0 bridgehead atoms. The molecule has 0 aliphatic rings. The van der Waals surface area contributed by atoms with Gasteiger partial charge in [-0.25, -0.2) is 4.79 Å². The Balaban J connectivity index is 1.69. The van der Waals surface area contributed by atoms with Crippen molar-refractivity contribution in [3.63, 3.8) is 0 Å². The molecule has 29 heavy (non-hydrogen) atoms. The van der Waals surface area contributed by atoms with E-state index < -0.39 is 11.9 Å². The van der Waals surface area contributed by atoms with Crippen molar-refractivity contribution in [1.82, 2.24) is 9.78 Å². The Morgan fingerprint density at radius 1 is 1.17 bits per heavy atom. The number of para-hydroxylation sites is 1. The summed E-state index contributed by atoms with van der Waals surface area (Å²) in [5.74, 6) is 0.576. The number of nitrogens with zero attached hydrogens (tertiary/aromatic N) is 2. The van der Waals surface area contributed by atoms with Crippen LogP contribution in [0, 0.1) is 13.8 Å². The van der Waals surface area contributed by atoms with Gasteiger partial charge in [-0.15, -0.1) is 0 Å². The Bertz CT molecular complexity index is 1010. The largest absolute Gasteiger partial charge is 0.485 e. The molecular weight excluding hydrogens is 374 g/mol. The van der Waals surface area contributed by atoms with Crippen molar-refractivity contribution in [2.24, 2.45) is 7.05 Å². The van der Waals surface area contributed by atoms with E-state index in [1.807, 2.05) is 32.0 Å². The van der Waals surface area contributed by atoms with Gasteiger partial charge in [0.2, 0.25) is 0 Å². The molecule has 0 radical (unpaired) electrons. The molecule has 0 saturated carbocycles. The average molecular weight is 397 g/mol. The number of rotatable bonds is 7. The lowest BCUT2D eigenvalue weighted by molar-refractivity contribution is 0.0527. The number of hydrogen-bond acceptors (Lipinski definition) is 6. The minimum Gasteiger partial charge on any atom is -0.485 e. The van der Waals surface area contributed by atoms with Crippen molar-refractivity contribution in [3.8, 4) is 5.75 Å². The van der Waals surface area contributed by atoms with E-state index in [1.165, 1.54) is 10.9 Å². The maximum absolute atomic E-state index is 12.6. The Kier molecular flexibility index (Phi) is 6.01. The zero-order valence-corrected chi connectivity index (χ0v) is 16.8. The second kappa shape index (κ2) is 8.64. The molecule has 0 fully saturated rings. The first kappa shape index (κ1) is 20.2. The van der Waals surface area contributed by atoms with Crippen LogP contribution in [0.3, 0.4) is 0 Å². The topological polar surface area (TPSA) is 95.6 Å². The van der Waals surface area contributed by atoms with Crippen molar-refractivity contribution in [2.45, 2.75) is 27.4 Å². The fourth-order valence-corrected chi connectivity index (χ4v) is 2.86. The molecule has 0 spiro atoms. The Morgan fingerprint density at radius 2 is 1.90 bits per heavy atom. The van der Waals surface area contributed by atoms with Gasteiger partial charge in [0.15, 0.2) is 5.76 Å². The number of hydrogen-bond donors (Lipinski definition) is 1. The summed E-state index contributed by atoms with van der Waals surface area (Å²) in [6.07, 6.45) is 1.35. The molecule has 0 aliphatic carbocycles. The number of esters is 1. The molecule has 8 heteroatoms. The maximum Gasteiger partial charge on any atom is 0.343 e. The van der Waals surface area contributed by atoms with Crippen molar-refractivity contribution < 1.29 is 23.5 Å². The van der Waals surface area contributed by atoms with Crippen LogP contribution >= 0.6 is 0 Å². The normalized spacial score (nSPS) is 10.6. The molecule has 0 aliphatic heterocycles. The molecule has 152 valence electrons. The van der Waals surface area contributed by atoms with Crippen molar-refractivity contribution in [3.05, 3.63) is 64.7 Å². The van der Waals surface area contributed by atoms with Gasteiger partial charge >= 0.3 is 5.97 Å². The third kappa shape index (κ3) is 4.48. The van der Waals surface area contributed by atoms with Crippen molar-refractivity contribution in [1.29, 1.82) is 0 Å². The minimum atomic E-state index is -0.557. The molecular formula is C21H23N3O5. The van der Waals surface area contributed by atoms with Crippen molar-refractivity contribution in [2.75, 3.05) is 11.9 Å². The number of anilines is 1. The molecule has 0 saturated heterocycles. The van der Waals surface area contributed by atoms with Crippen LogP contribution in [0.2, 0.25) is 0 Å². The number of carbonyl (C=O) groups excluding carboxylic acids is 2. The number of nitrogens with one attached hydrogen (secondary N) is 1. The summed E-state index contributed by atoms with van der Waals surface area (Å²) in [6.45, 7) is 6.07. The first-order chi connectivity index (χ1) is 13.9. The maximum atomic E-state index is 12.6. The summed E-state index contributed by atoms with van der Waals surface area (Å²) in [6, 6.07) is 9.14. The highest BCUT2D eigenvalue weighted by atomic mass is 16.5. The van der Waals surface area contributed by atoms with Crippen LogP contribution in [0.25, 0.3) is 0 Å². The van der Waals surface area contributed by atoms with E-state index in [4.69, 9.17) is 13.9 Å². The Labute approximate surface area is 168 Å². The number of ether oxygens (including phenoxy) is 2. The summed E-state index contributed by atoms with van der Waals surface area (Å²) in [5, 5.41) is 6.65. The Hall–Kier alpha value is -3.55. The molecule has 1 amide bonds. The number of amides is 1. The molecule has 1 aromatic carbocycles. The van der Waals surface area contributed by atoms with E-state index >= 15 is 0 Å². The highest BCUT2D eigenvalue weighted by Gasteiger charge is 2.21. The van der Waals surface area contributed by atoms with E-state index in [1.54, 1.807) is 26.1 Å². The number of aryl methyl sites for hydroxylation is 3. The third-order valence-electron chi connectivity index (χ3n) is 4.32. The SMILES string of the molecule is CCOC(=O)c1cnn(C)c1NC(=O)c1ccc(COc2c(C)cccc2C)o1. The van der Waals surface area contributed by atoms with Crippen LogP contribution in [0.4, 0.5) is 5.82 Å². The molecule has 1 N–H and O–H groups in total. The highest BCUT2D eigenvalue weighted by Crippen LogP contribution is 2.24. The van der Waals surface area contributed by atoms with Crippen LogP contribution < -0.4 is 10.1 Å². The molecule has 8 nitrogen and oxygen atoms in total. The lowest BCUT2D eigenvalue weighted by Crippen LogP contribution is -2.17. The molecule has 0 unspecified atom stereocenters. The molecule has 3 aromatic rings. The fourth-order valence-electron chi connectivity index (χ4n) is 2.86. The third-order valence-corrected chi connectivity index (χ3v) is 4.32. The summed E-state index contributed by atoms with van der Waals surface area (Å²) in [5.41, 5.74) is 2.22. The summed E-state index contributed by atoms with van der Waals surface area (Å²) < 4.78 is 17.8. The van der Waals surface area contributed by atoms with Crippen LogP contribution in [0.1, 0.15) is 44.7 Å². The number of furan rings is 1. The van der Waals surface area contributed by atoms with E-state index in [0.717, 1.165) is 16.9 Å². The van der Waals surface area contributed by atoms with Crippen LogP contribution in [-0.2, 0) is 18.4 Å². The summed E-state index contributed by atoms with van der Waals surface area (Å²) in [4.78, 5) is 24.6. The Morgan fingerprint density at radius 3 is 2.59 bits per heavy atom. The number of carbonyl (C=O) groups is 2. The lowest BCUT2D eigenvalue weighted by atomic mass is 10.1. The molecule has 2 aromatic heterocycles. The van der Waals surface area contributed by atoms with Crippen LogP contribution in [0.5, 0.6) is 5.75 Å². The first-order valence-electron chi connectivity index (χ1n) is 9.19. The molecule has 0 atom stereocenters. The predicted octanol–water partition coefficient (Wildman–Crippen LogP) is 3.64. The second-order valence-electron chi connectivity index (χ2n) is 6.48. The first-order valence-corrected chi connectivity index (χ1v) is 9.19. The predicted molar refractivity (Wildman–Crippen MR) is 106 cm³/mol. The zero-order valence-electron chi connectivity index (χ0n) is 16.8. The van der Waals surface area contributed by atoms with Crippen LogP contribution in [0.15, 0.2) is 40.9 Å². The van der Waals surface area contributed by atoms with Gasteiger partial charge in [0.25, 0.3) is 5.91 Å². The van der Waals surface area contributed by atoms with Gasteiger partial charge in [-0.05, 0) is 44.0 Å². The number of benzene rings is 1. The van der Waals surface area contributed by atoms with E-state index in [0.29, 0.717) is 5.76 Å². The molecule has 2 heterocycles. The van der Waals surface area contributed by atoms with Crippen LogP contribution in [-0.4, -0.2) is 28.3 Å². The van der Waals surface area contributed by atoms with Gasteiger partial charge < -0.3 is 19.2 Å². The zero-order chi connectivity index (χ0) is 21.0. The van der Waals surface area contributed by atoms with Gasteiger partial charge in [-0.3, -0.25) is 9.48 Å². The molecule has 3 rings (SSSR count). The minimum absolute atomic E-state index is 0.0983. The monoisotopic (exact) mass is 397 g/mol. The van der Waals surface area contributed by atoms with Gasteiger partial charge in [0.05, 0.1) is 12.8 Å². The van der Waals surface area contributed by atoms with Gasteiger partial charge in [-0.2, -0.15) is 5.10 Å². The van der Waals surface area contributed by atoms with E-state index in [9.17, 15) is 9.59 Å². The van der Waals surface area contributed by atoms with E-state index in [-0.39, 0.29) is 30.4 Å².